The van der Waals surface area contributed by atoms with E-state index in [2.05, 4.69) is 33.1 Å². The first-order valence-electron chi connectivity index (χ1n) is 13.0. The molecule has 1 aliphatic carbocycles. The Labute approximate surface area is 225 Å². The van der Waals surface area contributed by atoms with E-state index in [1.807, 2.05) is 48.7 Å². The predicted octanol–water partition coefficient (Wildman–Crippen LogP) is 5.96. The van der Waals surface area contributed by atoms with E-state index in [0.717, 1.165) is 50.3 Å². The van der Waals surface area contributed by atoms with Gasteiger partial charge in [-0.25, -0.2) is 4.98 Å². The number of carbonyl (C=O) groups is 1. The van der Waals surface area contributed by atoms with Gasteiger partial charge in [0.15, 0.2) is 17.3 Å². The highest BCUT2D eigenvalue weighted by molar-refractivity contribution is 6.02. The van der Waals surface area contributed by atoms with Crippen molar-refractivity contribution in [3.05, 3.63) is 89.3 Å². The molecule has 196 valence electrons. The molecule has 2 atom stereocenters. The number of allylic oxidation sites excluding steroid dienone is 2. The minimum atomic E-state index is -0.298. The van der Waals surface area contributed by atoms with Crippen LogP contribution in [-0.4, -0.2) is 41.6 Å². The van der Waals surface area contributed by atoms with Crippen molar-refractivity contribution < 1.29 is 19.0 Å². The molecule has 0 radical (unpaired) electrons. The summed E-state index contributed by atoms with van der Waals surface area (Å²) in [5, 5.41) is 4.65. The van der Waals surface area contributed by atoms with Crippen LogP contribution in [0.2, 0.25) is 0 Å². The van der Waals surface area contributed by atoms with Crippen LogP contribution in [-0.2, 0) is 4.79 Å². The van der Waals surface area contributed by atoms with Gasteiger partial charge in [-0.1, -0.05) is 30.3 Å². The van der Waals surface area contributed by atoms with Crippen molar-refractivity contribution in [2.75, 3.05) is 26.6 Å². The number of ether oxygens (including phenoxy) is 3. The van der Waals surface area contributed by atoms with Gasteiger partial charge < -0.3 is 24.5 Å². The molecular weight excluding hydrogens is 492 g/mol. The topological polar surface area (TPSA) is 90.4 Å². The Bertz CT molecular complexity index is 1770. The number of hydrogen-bond acceptors (Lipinski definition) is 6. The summed E-state index contributed by atoms with van der Waals surface area (Å²) in [6.07, 6.45) is 3.06. The molecule has 0 saturated heterocycles. The van der Waals surface area contributed by atoms with Crippen LogP contribution in [0.5, 0.6) is 17.2 Å². The van der Waals surface area contributed by atoms with Gasteiger partial charge in [-0.3, -0.25) is 9.36 Å². The molecule has 0 fully saturated rings. The molecule has 0 spiro atoms. The molecule has 0 saturated carbocycles. The number of aromatic nitrogens is 3. The lowest BCUT2D eigenvalue weighted by atomic mass is 9.77. The lowest BCUT2D eigenvalue weighted by Gasteiger charge is -2.36. The van der Waals surface area contributed by atoms with E-state index in [9.17, 15) is 4.79 Å². The third-order valence-electron chi connectivity index (χ3n) is 7.97. The summed E-state index contributed by atoms with van der Waals surface area (Å²) in [4.78, 5) is 22.5. The standard InChI is InChI=1S/C31H28N4O4/c1-37-26-14-18(15-27(38-2)30(26)39-3)17-12-23-28(25(36)13-17)29(20-16-32-21-9-5-4-8-19(20)21)35-24-11-7-6-10-22(24)33-31(35)34-23/h4-11,14-17,29,32H,12-13H2,1-3H3,(H,33,34)/t17-,29+/m1/s1. The molecular formula is C31H28N4O4. The van der Waals surface area contributed by atoms with Crippen LogP contribution < -0.4 is 19.5 Å². The number of benzene rings is 3. The lowest BCUT2D eigenvalue weighted by Crippen LogP contribution is -2.33. The second-order valence-electron chi connectivity index (χ2n) is 9.99. The van der Waals surface area contributed by atoms with Crippen molar-refractivity contribution in [3.8, 4) is 17.2 Å². The normalized spacial score (nSPS) is 18.6. The Morgan fingerprint density at radius 1 is 0.923 bits per heavy atom. The van der Waals surface area contributed by atoms with Crippen LogP contribution in [0.15, 0.2) is 78.1 Å². The molecule has 1 aliphatic heterocycles. The quantitative estimate of drug-likeness (QED) is 0.297. The van der Waals surface area contributed by atoms with E-state index in [-0.39, 0.29) is 17.7 Å². The monoisotopic (exact) mass is 520 g/mol. The maximum atomic E-state index is 14.1. The highest BCUT2D eigenvalue weighted by Gasteiger charge is 2.40. The number of methoxy groups -OCH3 is 3. The number of imidazole rings is 1. The number of ketones is 1. The number of hydrogen-bond donors (Lipinski definition) is 2. The number of aromatic amines is 1. The number of nitrogens with one attached hydrogen (secondary N) is 2. The summed E-state index contributed by atoms with van der Waals surface area (Å²) >= 11 is 0. The fourth-order valence-corrected chi connectivity index (χ4v) is 6.21. The van der Waals surface area contributed by atoms with Crippen molar-refractivity contribution in [3.63, 3.8) is 0 Å². The highest BCUT2D eigenvalue weighted by atomic mass is 16.5. The van der Waals surface area contributed by atoms with Crippen LogP contribution in [0, 0.1) is 0 Å². The van der Waals surface area contributed by atoms with Gasteiger partial charge in [0.2, 0.25) is 11.7 Å². The molecule has 2 aromatic heterocycles. The Morgan fingerprint density at radius 2 is 1.67 bits per heavy atom. The van der Waals surface area contributed by atoms with Crippen LogP contribution in [0.4, 0.5) is 5.95 Å². The summed E-state index contributed by atoms with van der Waals surface area (Å²) in [6.45, 7) is 0. The van der Waals surface area contributed by atoms with Gasteiger partial charge in [0.25, 0.3) is 0 Å². The first-order chi connectivity index (χ1) is 19.1. The number of carbonyl (C=O) groups excluding carboxylic acids is 1. The molecule has 8 nitrogen and oxygen atoms in total. The zero-order valence-electron chi connectivity index (χ0n) is 21.9. The van der Waals surface area contributed by atoms with Crippen molar-refractivity contribution in [1.82, 2.24) is 14.5 Å². The Hall–Kier alpha value is -4.72. The Morgan fingerprint density at radius 3 is 2.44 bits per heavy atom. The van der Waals surface area contributed by atoms with Crippen molar-refractivity contribution in [1.29, 1.82) is 0 Å². The predicted molar refractivity (Wildman–Crippen MR) is 150 cm³/mol. The van der Waals surface area contributed by atoms with E-state index in [1.54, 1.807) is 21.3 Å². The fraction of sp³-hybridized carbons (Fsp3) is 0.226. The minimum Gasteiger partial charge on any atom is -0.493 e. The SMILES string of the molecule is COc1cc([C@H]2CC(=O)C3=C(C2)Nc2nc4ccccc4n2[C@H]3c2c[nH]c3ccccc23)cc(OC)c1OC. The average Bonchev–Trinajstić information content (AvgIpc) is 3.56. The van der Waals surface area contributed by atoms with Gasteiger partial charge in [0, 0.05) is 40.4 Å². The first kappa shape index (κ1) is 23.4. The van der Waals surface area contributed by atoms with E-state index >= 15 is 0 Å². The van der Waals surface area contributed by atoms with Crippen molar-refractivity contribution in [2.24, 2.45) is 0 Å². The van der Waals surface area contributed by atoms with Gasteiger partial charge in [-0.2, -0.15) is 0 Å². The number of rotatable bonds is 5. The molecule has 0 unspecified atom stereocenters. The number of anilines is 1. The molecule has 5 aromatic rings. The maximum absolute atomic E-state index is 14.1. The number of nitrogens with zero attached hydrogens (tertiary/aromatic N) is 2. The number of Topliss-reactive ketones (excluding diaryl/α,β-unsaturated/α-hetero) is 1. The minimum absolute atomic E-state index is 0.0583. The molecule has 8 heteroatoms. The molecule has 39 heavy (non-hydrogen) atoms. The molecule has 7 rings (SSSR count). The largest absolute Gasteiger partial charge is 0.493 e. The Kier molecular flexibility index (Phi) is 5.36. The van der Waals surface area contributed by atoms with Crippen LogP contribution >= 0.6 is 0 Å². The summed E-state index contributed by atoms with van der Waals surface area (Å²) in [5.41, 5.74) is 6.64. The molecule has 3 aromatic carbocycles. The zero-order chi connectivity index (χ0) is 26.7. The number of para-hydroxylation sites is 3. The smallest absolute Gasteiger partial charge is 0.209 e. The van der Waals surface area contributed by atoms with Crippen molar-refractivity contribution >= 4 is 33.7 Å². The highest BCUT2D eigenvalue weighted by Crippen LogP contribution is 2.49. The van der Waals surface area contributed by atoms with Gasteiger partial charge in [-0.05, 0) is 48.2 Å². The molecule has 2 aliphatic rings. The van der Waals surface area contributed by atoms with Crippen molar-refractivity contribution in [2.45, 2.75) is 24.8 Å². The van der Waals surface area contributed by atoms with Crippen LogP contribution in [0.1, 0.15) is 35.9 Å². The second-order valence-corrected chi connectivity index (χ2v) is 9.99. The van der Waals surface area contributed by atoms with Crippen LogP contribution in [0.3, 0.4) is 0 Å². The Balaban J connectivity index is 1.39. The van der Waals surface area contributed by atoms with E-state index in [0.29, 0.717) is 30.1 Å². The van der Waals surface area contributed by atoms with E-state index in [1.165, 1.54) is 0 Å². The average molecular weight is 521 g/mol. The summed E-state index contributed by atoms with van der Waals surface area (Å²) < 4.78 is 18.9. The zero-order valence-corrected chi connectivity index (χ0v) is 21.9. The summed E-state index contributed by atoms with van der Waals surface area (Å²) in [7, 11) is 4.80. The van der Waals surface area contributed by atoms with Gasteiger partial charge >= 0.3 is 0 Å². The third-order valence-corrected chi connectivity index (χ3v) is 7.97. The molecule has 0 bridgehead atoms. The van der Waals surface area contributed by atoms with Crippen LogP contribution in [0.25, 0.3) is 21.9 Å². The fourth-order valence-electron chi connectivity index (χ4n) is 6.21. The van der Waals surface area contributed by atoms with Gasteiger partial charge in [0.1, 0.15) is 0 Å². The molecule has 0 amide bonds. The lowest BCUT2D eigenvalue weighted by molar-refractivity contribution is -0.116. The summed E-state index contributed by atoms with van der Waals surface area (Å²) in [5.74, 6) is 2.49. The third kappa shape index (κ3) is 3.51. The first-order valence-corrected chi connectivity index (χ1v) is 13.0. The van der Waals surface area contributed by atoms with E-state index < -0.39 is 0 Å². The number of fused-ring (bicyclic) bond motifs is 4. The van der Waals surface area contributed by atoms with Gasteiger partial charge in [0.05, 0.1) is 38.4 Å². The molecule has 3 heterocycles. The second kappa shape index (κ2) is 8.94. The maximum Gasteiger partial charge on any atom is 0.209 e. The number of H-pyrrole nitrogens is 1. The summed E-state index contributed by atoms with van der Waals surface area (Å²) in [6, 6.07) is 19.9. The van der Waals surface area contributed by atoms with E-state index in [4.69, 9.17) is 19.2 Å². The van der Waals surface area contributed by atoms with Gasteiger partial charge in [-0.15, -0.1) is 0 Å². The molecule has 2 N–H and O–H groups in total.